The maximum absolute atomic E-state index is 16.9. The number of anilines is 1. The van der Waals surface area contributed by atoms with Gasteiger partial charge < -0.3 is 25.0 Å². The summed E-state index contributed by atoms with van der Waals surface area (Å²) in [5, 5.41) is 15.0. The predicted molar refractivity (Wildman–Crippen MR) is 171 cm³/mol. The molecule has 1 aromatic heterocycles. The number of piperazine rings is 1. The van der Waals surface area contributed by atoms with Crippen LogP contribution >= 0.6 is 0 Å². The predicted octanol–water partition coefficient (Wildman–Crippen LogP) is 6.68. The number of phenols is 1. The number of halogens is 5. The third-order valence-corrected chi connectivity index (χ3v) is 10.3. The topological polar surface area (TPSA) is 73.8 Å². The smallest absolute Gasteiger partial charge is 0.319 e. The molecule has 7 nitrogen and oxygen atoms in total. The van der Waals surface area contributed by atoms with Gasteiger partial charge >= 0.3 is 6.01 Å². The highest BCUT2D eigenvalue weighted by Gasteiger charge is 2.44. The molecule has 0 aliphatic carbocycles. The molecule has 2 bridgehead atoms. The lowest BCUT2D eigenvalue weighted by Gasteiger charge is -2.44. The highest BCUT2D eigenvalue weighted by atomic mass is 19.3. The molecule has 3 aliphatic heterocycles. The van der Waals surface area contributed by atoms with Crippen molar-refractivity contribution in [2.24, 2.45) is 11.3 Å². The van der Waals surface area contributed by atoms with Crippen molar-refractivity contribution in [3.8, 4) is 22.9 Å². The van der Waals surface area contributed by atoms with Crippen LogP contribution in [-0.4, -0.2) is 78.3 Å². The molecule has 3 fully saturated rings. The van der Waals surface area contributed by atoms with Crippen molar-refractivity contribution in [1.82, 2.24) is 20.2 Å². The van der Waals surface area contributed by atoms with Gasteiger partial charge in [-0.3, -0.25) is 0 Å². The number of nitrogens with one attached hydrogen (secondary N) is 1. The molecule has 3 aromatic carbocycles. The molecule has 1 unspecified atom stereocenters. The summed E-state index contributed by atoms with van der Waals surface area (Å²) < 4.78 is 82.5. The summed E-state index contributed by atoms with van der Waals surface area (Å²) in [6, 6.07) is 6.74. The van der Waals surface area contributed by atoms with Crippen LogP contribution in [0.3, 0.4) is 0 Å². The number of hydrogen-bond acceptors (Lipinski definition) is 7. The Hall–Kier alpha value is -3.77. The highest BCUT2D eigenvalue weighted by molar-refractivity contribution is 6.03. The van der Waals surface area contributed by atoms with Gasteiger partial charge in [0.1, 0.15) is 28.7 Å². The van der Waals surface area contributed by atoms with E-state index >= 15 is 8.78 Å². The van der Waals surface area contributed by atoms with Crippen LogP contribution in [0.15, 0.2) is 30.3 Å². The second-order valence-electron chi connectivity index (χ2n) is 13.7. The van der Waals surface area contributed by atoms with Crippen LogP contribution in [0.5, 0.6) is 11.8 Å². The number of phenolic OH excluding ortho intramolecular Hbond substituents is 1. The van der Waals surface area contributed by atoms with E-state index in [0.717, 1.165) is 12.8 Å². The number of nitrogens with zero attached hydrogens (tertiary/aromatic N) is 4. The number of aryl methyl sites for hydroxylation is 1. The molecule has 47 heavy (non-hydrogen) atoms. The van der Waals surface area contributed by atoms with Crippen molar-refractivity contribution in [2.45, 2.75) is 58.0 Å². The van der Waals surface area contributed by atoms with E-state index in [1.165, 1.54) is 30.3 Å². The quantitative estimate of drug-likeness (QED) is 0.215. The van der Waals surface area contributed by atoms with Crippen molar-refractivity contribution in [3.05, 3.63) is 53.3 Å². The maximum Gasteiger partial charge on any atom is 0.319 e. The van der Waals surface area contributed by atoms with Crippen LogP contribution in [-0.2, 0) is 6.42 Å². The van der Waals surface area contributed by atoms with E-state index in [-0.39, 0.29) is 58.9 Å². The second-order valence-corrected chi connectivity index (χ2v) is 13.7. The van der Waals surface area contributed by atoms with Gasteiger partial charge in [-0.1, -0.05) is 19.9 Å². The van der Waals surface area contributed by atoms with E-state index in [0.29, 0.717) is 49.2 Å². The van der Waals surface area contributed by atoms with Crippen molar-refractivity contribution in [2.75, 3.05) is 44.7 Å². The van der Waals surface area contributed by atoms with Gasteiger partial charge in [0.05, 0.1) is 12.2 Å². The molecule has 0 amide bonds. The van der Waals surface area contributed by atoms with Gasteiger partial charge in [-0.25, -0.2) is 22.0 Å². The van der Waals surface area contributed by atoms with Crippen LogP contribution in [0.1, 0.15) is 38.7 Å². The largest absolute Gasteiger partial charge is 0.508 e. The molecule has 3 aliphatic rings. The zero-order chi connectivity index (χ0) is 33.2. The average molecular weight is 656 g/mol. The van der Waals surface area contributed by atoms with Crippen LogP contribution in [0.2, 0.25) is 0 Å². The number of rotatable bonds is 7. The third-order valence-electron chi connectivity index (χ3n) is 10.3. The Balaban J connectivity index is 1.39. The van der Waals surface area contributed by atoms with Crippen LogP contribution in [0, 0.1) is 28.8 Å². The molecular formula is C35H38F5N5O2. The number of ether oxygens (including phenoxy) is 1. The normalized spacial score (nSPS) is 25.0. The van der Waals surface area contributed by atoms with Gasteiger partial charge in [0.25, 0.3) is 0 Å². The number of alkyl halides is 2. The molecule has 0 saturated carbocycles. The van der Waals surface area contributed by atoms with E-state index in [1.54, 1.807) is 13.8 Å². The molecule has 4 atom stereocenters. The first-order chi connectivity index (χ1) is 22.5. The third kappa shape index (κ3) is 5.62. The van der Waals surface area contributed by atoms with Crippen LogP contribution in [0.25, 0.3) is 32.8 Å². The Labute approximate surface area is 269 Å². The molecule has 2 N–H and O–H groups in total. The first-order valence-electron chi connectivity index (χ1n) is 16.2. The van der Waals surface area contributed by atoms with Crippen molar-refractivity contribution in [1.29, 1.82) is 0 Å². The molecule has 0 spiro atoms. The Morgan fingerprint density at radius 2 is 1.79 bits per heavy atom. The lowest BCUT2D eigenvalue weighted by molar-refractivity contribution is -0.0679. The number of likely N-dealkylation sites (tertiary alicyclic amines) is 1. The van der Waals surface area contributed by atoms with Crippen LogP contribution in [0.4, 0.5) is 27.8 Å². The Morgan fingerprint density at radius 1 is 1.04 bits per heavy atom. The fourth-order valence-corrected chi connectivity index (χ4v) is 8.06. The van der Waals surface area contributed by atoms with Crippen molar-refractivity contribution >= 4 is 27.5 Å². The van der Waals surface area contributed by atoms with Gasteiger partial charge in [0.15, 0.2) is 5.82 Å². The van der Waals surface area contributed by atoms with E-state index < -0.39 is 40.8 Å². The van der Waals surface area contributed by atoms with Crippen LogP contribution < -0.4 is 15.0 Å². The van der Waals surface area contributed by atoms with Gasteiger partial charge in [0.2, 0.25) is 6.43 Å². The molecule has 7 rings (SSSR count). The minimum Gasteiger partial charge on any atom is -0.508 e. The fourth-order valence-electron chi connectivity index (χ4n) is 8.06. The summed E-state index contributed by atoms with van der Waals surface area (Å²) in [5.74, 6) is -3.30. The first-order valence-corrected chi connectivity index (χ1v) is 16.2. The summed E-state index contributed by atoms with van der Waals surface area (Å²) in [4.78, 5) is 13.0. The summed E-state index contributed by atoms with van der Waals surface area (Å²) in [7, 11) is 1.87. The minimum atomic E-state index is -2.54. The molecule has 0 radical (unpaired) electrons. The van der Waals surface area contributed by atoms with Gasteiger partial charge in [-0.2, -0.15) is 9.97 Å². The Morgan fingerprint density at radius 3 is 2.49 bits per heavy atom. The van der Waals surface area contributed by atoms with E-state index in [4.69, 9.17) is 4.74 Å². The number of fused-ring (bicyclic) bond motifs is 4. The van der Waals surface area contributed by atoms with Gasteiger partial charge in [-0.15, -0.1) is 0 Å². The minimum absolute atomic E-state index is 0.00590. The standard InChI is InChI=1S/C35H38F5N5O2/c1-4-22-26(36)8-5-18-11-21(46)12-23(28(18)22)29-27(37)13-24-31(30(29)38)42-34(43-33(24)45-14-19-6-7-20(15-45)41-19)47-17-35(2)16-44(3)10-9-25(35)32(39)40/h5,8,11-13,19-20,25,32,41,46H,4,6-7,9-10,14-17H2,1-3H3/t19-,20+,25?,35-/m0/s1. The SMILES string of the molecule is CCc1c(F)ccc2cc(O)cc(-c3c(F)cc4c(N5C[C@H]6CC[C@@H](C5)N6)nc(OC[C@]5(C)CN(C)CCC5C(F)F)nc4c3F)c12. The van der Waals surface area contributed by atoms with E-state index in [2.05, 4.69) is 15.3 Å². The molecular weight excluding hydrogens is 617 g/mol. The lowest BCUT2D eigenvalue weighted by atomic mass is 9.73. The zero-order valence-corrected chi connectivity index (χ0v) is 26.6. The lowest BCUT2D eigenvalue weighted by Crippen LogP contribution is -2.51. The summed E-state index contributed by atoms with van der Waals surface area (Å²) in [6.07, 6.45) is -0.0675. The Kier molecular flexibility index (Phi) is 8.15. The zero-order valence-electron chi connectivity index (χ0n) is 26.6. The number of benzene rings is 3. The highest BCUT2D eigenvalue weighted by Crippen LogP contribution is 2.43. The number of aromatic hydroxyl groups is 1. The van der Waals surface area contributed by atoms with Gasteiger partial charge in [0, 0.05) is 48.4 Å². The number of hydrogen-bond donors (Lipinski definition) is 2. The molecule has 250 valence electrons. The summed E-state index contributed by atoms with van der Waals surface area (Å²) in [5.41, 5.74) is -1.35. The first kappa shape index (κ1) is 31.8. The second kappa shape index (κ2) is 12.0. The monoisotopic (exact) mass is 655 g/mol. The van der Waals surface area contributed by atoms with Crippen molar-refractivity contribution in [3.63, 3.8) is 0 Å². The number of piperidine rings is 1. The molecule has 12 heteroatoms. The van der Waals surface area contributed by atoms with E-state index in [1.807, 2.05) is 16.8 Å². The maximum atomic E-state index is 16.9. The number of aromatic nitrogens is 2. The summed E-state index contributed by atoms with van der Waals surface area (Å²) in [6.45, 7) is 5.39. The van der Waals surface area contributed by atoms with E-state index in [9.17, 15) is 18.3 Å². The molecule has 4 aromatic rings. The summed E-state index contributed by atoms with van der Waals surface area (Å²) >= 11 is 0. The fraction of sp³-hybridized carbons (Fsp3) is 0.486. The van der Waals surface area contributed by atoms with Gasteiger partial charge in [-0.05, 0) is 85.4 Å². The molecule has 3 saturated heterocycles. The average Bonchev–Trinajstić information content (AvgIpc) is 3.36. The Bertz CT molecular complexity index is 1850. The van der Waals surface area contributed by atoms with Crippen molar-refractivity contribution < 1.29 is 31.8 Å². The molecule has 4 heterocycles.